The third kappa shape index (κ3) is 3.34. The summed E-state index contributed by atoms with van der Waals surface area (Å²) in [5.41, 5.74) is 0.513. The predicted molar refractivity (Wildman–Crippen MR) is 68.3 cm³/mol. The minimum absolute atomic E-state index is 0.0896. The molecule has 2 unspecified atom stereocenters. The number of benzene rings is 1. The van der Waals surface area contributed by atoms with Gasteiger partial charge in [-0.2, -0.15) is 0 Å². The molecule has 0 bridgehead atoms. The Balaban J connectivity index is 2.04. The van der Waals surface area contributed by atoms with Gasteiger partial charge in [0.1, 0.15) is 0 Å². The fourth-order valence-electron chi connectivity index (χ4n) is 2.46. The molecule has 100 valence electrons. The molecule has 0 aliphatic heterocycles. The topological polar surface area (TPSA) is 20.2 Å². The third-order valence-electron chi connectivity index (χ3n) is 3.38. The normalized spacial score (nSPS) is 24.2. The molecule has 0 heterocycles. The molecule has 18 heavy (non-hydrogen) atoms. The Morgan fingerprint density at radius 3 is 2.72 bits per heavy atom. The van der Waals surface area contributed by atoms with Crippen LogP contribution < -0.4 is 0 Å². The molecule has 1 fully saturated rings. The Morgan fingerprint density at radius 1 is 1.39 bits per heavy atom. The first-order valence-electron chi connectivity index (χ1n) is 5.88. The van der Waals surface area contributed by atoms with Crippen LogP contribution in [0.2, 0.25) is 10.0 Å². The zero-order chi connectivity index (χ0) is 13.3. The number of halogens is 4. The molecule has 1 nitrogen and oxygen atoms in total. The Kier molecular flexibility index (Phi) is 4.15. The minimum Gasteiger partial charge on any atom is -0.388 e. The molecule has 1 saturated carbocycles. The summed E-state index contributed by atoms with van der Waals surface area (Å²) < 4.78 is 26.1. The zero-order valence-corrected chi connectivity index (χ0v) is 11.2. The molecule has 1 N–H and O–H groups in total. The molecule has 0 saturated heterocycles. The van der Waals surface area contributed by atoms with Crippen molar-refractivity contribution < 1.29 is 13.9 Å². The Morgan fingerprint density at radius 2 is 2.11 bits per heavy atom. The number of hydrogen-bond acceptors (Lipinski definition) is 1. The minimum atomic E-state index is -2.58. The lowest BCUT2D eigenvalue weighted by Gasteiger charge is -2.17. The van der Waals surface area contributed by atoms with Crippen LogP contribution in [-0.2, 0) is 0 Å². The van der Waals surface area contributed by atoms with E-state index in [1.165, 1.54) is 0 Å². The molecule has 0 radical (unpaired) electrons. The first kappa shape index (κ1) is 14.0. The molecule has 0 spiro atoms. The van der Waals surface area contributed by atoms with E-state index in [2.05, 4.69) is 0 Å². The number of hydrogen-bond donors (Lipinski definition) is 1. The van der Waals surface area contributed by atoms with Gasteiger partial charge in [-0.3, -0.25) is 0 Å². The summed E-state index contributed by atoms with van der Waals surface area (Å²) in [5.74, 6) is -2.74. The van der Waals surface area contributed by atoms with Gasteiger partial charge in [0.25, 0.3) is 0 Å². The van der Waals surface area contributed by atoms with Crippen molar-refractivity contribution in [3.63, 3.8) is 0 Å². The quantitative estimate of drug-likeness (QED) is 0.845. The van der Waals surface area contributed by atoms with Gasteiger partial charge in [-0.15, -0.1) is 0 Å². The van der Waals surface area contributed by atoms with Crippen molar-refractivity contribution in [3.05, 3.63) is 33.8 Å². The van der Waals surface area contributed by atoms with Crippen molar-refractivity contribution in [2.45, 2.75) is 37.7 Å². The van der Waals surface area contributed by atoms with E-state index in [9.17, 15) is 13.9 Å². The molecule has 1 aromatic rings. The Labute approximate surface area is 115 Å². The van der Waals surface area contributed by atoms with Crippen molar-refractivity contribution in [1.82, 2.24) is 0 Å². The third-order valence-corrected chi connectivity index (χ3v) is 3.96. The molecule has 5 heteroatoms. The van der Waals surface area contributed by atoms with Crippen molar-refractivity contribution >= 4 is 23.2 Å². The van der Waals surface area contributed by atoms with Gasteiger partial charge in [0.15, 0.2) is 0 Å². The SMILES string of the molecule is OC(CC1CCC(F)(F)C1)c1cc(Cl)ccc1Cl. The molecule has 1 aliphatic rings. The monoisotopic (exact) mass is 294 g/mol. The van der Waals surface area contributed by atoms with E-state index in [1.807, 2.05) is 0 Å². The lowest BCUT2D eigenvalue weighted by Crippen LogP contribution is -2.11. The second-order valence-corrected chi connectivity index (χ2v) is 5.73. The highest BCUT2D eigenvalue weighted by molar-refractivity contribution is 6.33. The van der Waals surface area contributed by atoms with Crippen molar-refractivity contribution in [1.29, 1.82) is 0 Å². The lowest BCUT2D eigenvalue weighted by molar-refractivity contribution is 0.00255. The maximum Gasteiger partial charge on any atom is 0.248 e. The summed E-state index contributed by atoms with van der Waals surface area (Å²) in [5, 5.41) is 11.0. The second kappa shape index (κ2) is 5.32. The molecular formula is C13H14Cl2F2O. The second-order valence-electron chi connectivity index (χ2n) is 4.88. The molecule has 1 aliphatic carbocycles. The fraction of sp³-hybridized carbons (Fsp3) is 0.538. The highest BCUT2D eigenvalue weighted by Crippen LogP contribution is 2.43. The first-order chi connectivity index (χ1) is 8.37. The van der Waals surface area contributed by atoms with Crippen LogP contribution in [0.15, 0.2) is 18.2 Å². The fourth-order valence-corrected chi connectivity index (χ4v) is 2.88. The van der Waals surface area contributed by atoms with Gasteiger partial charge in [0.05, 0.1) is 6.10 Å². The number of rotatable bonds is 3. The highest BCUT2D eigenvalue weighted by atomic mass is 35.5. The van der Waals surface area contributed by atoms with Crippen LogP contribution >= 0.6 is 23.2 Å². The molecule has 0 aromatic heterocycles. The zero-order valence-electron chi connectivity index (χ0n) is 9.67. The van der Waals surface area contributed by atoms with Crippen LogP contribution in [-0.4, -0.2) is 11.0 Å². The van der Waals surface area contributed by atoms with Gasteiger partial charge in [0, 0.05) is 28.5 Å². The average molecular weight is 295 g/mol. The van der Waals surface area contributed by atoms with Crippen LogP contribution in [0.4, 0.5) is 8.78 Å². The van der Waals surface area contributed by atoms with Gasteiger partial charge in [-0.25, -0.2) is 8.78 Å². The number of alkyl halides is 2. The molecular weight excluding hydrogens is 281 g/mol. The summed E-state index contributed by atoms with van der Waals surface area (Å²) in [4.78, 5) is 0. The first-order valence-corrected chi connectivity index (χ1v) is 6.64. The maximum atomic E-state index is 13.1. The summed E-state index contributed by atoms with van der Waals surface area (Å²) in [6.45, 7) is 0. The smallest absolute Gasteiger partial charge is 0.248 e. The molecule has 2 atom stereocenters. The van der Waals surface area contributed by atoms with E-state index in [-0.39, 0.29) is 18.8 Å². The standard InChI is InChI=1S/C13H14Cl2F2O/c14-9-1-2-11(15)10(6-9)12(18)5-8-3-4-13(16,17)7-8/h1-2,6,8,12,18H,3-5,7H2. The van der Waals surface area contributed by atoms with E-state index < -0.39 is 12.0 Å². The van der Waals surface area contributed by atoms with Crippen LogP contribution in [0.5, 0.6) is 0 Å². The van der Waals surface area contributed by atoms with E-state index in [0.29, 0.717) is 28.5 Å². The highest BCUT2D eigenvalue weighted by Gasteiger charge is 2.40. The summed E-state index contributed by atoms with van der Waals surface area (Å²) in [7, 11) is 0. The molecule has 1 aromatic carbocycles. The van der Waals surface area contributed by atoms with Crippen molar-refractivity contribution in [2.24, 2.45) is 5.92 Å². The Bertz CT molecular complexity index is 437. The van der Waals surface area contributed by atoms with Gasteiger partial charge in [-0.1, -0.05) is 23.2 Å². The van der Waals surface area contributed by atoms with E-state index in [0.717, 1.165) is 0 Å². The van der Waals surface area contributed by atoms with E-state index in [4.69, 9.17) is 23.2 Å². The van der Waals surface area contributed by atoms with Crippen LogP contribution in [0.25, 0.3) is 0 Å². The van der Waals surface area contributed by atoms with Gasteiger partial charge < -0.3 is 5.11 Å². The van der Waals surface area contributed by atoms with Crippen LogP contribution in [0.3, 0.4) is 0 Å². The van der Waals surface area contributed by atoms with Crippen molar-refractivity contribution in [2.75, 3.05) is 0 Å². The van der Waals surface area contributed by atoms with Gasteiger partial charge in [-0.05, 0) is 37.0 Å². The summed E-state index contributed by atoms with van der Waals surface area (Å²) in [6, 6.07) is 4.82. The van der Waals surface area contributed by atoms with Gasteiger partial charge >= 0.3 is 0 Å². The number of aliphatic hydroxyl groups is 1. The van der Waals surface area contributed by atoms with E-state index in [1.54, 1.807) is 18.2 Å². The molecule has 0 amide bonds. The lowest BCUT2D eigenvalue weighted by atomic mass is 9.95. The number of aliphatic hydroxyl groups excluding tert-OH is 1. The van der Waals surface area contributed by atoms with Crippen LogP contribution in [0.1, 0.15) is 37.4 Å². The van der Waals surface area contributed by atoms with Gasteiger partial charge in [0.2, 0.25) is 5.92 Å². The van der Waals surface area contributed by atoms with Crippen LogP contribution in [0, 0.1) is 5.92 Å². The van der Waals surface area contributed by atoms with Crippen molar-refractivity contribution in [3.8, 4) is 0 Å². The predicted octanol–water partition coefficient (Wildman–Crippen LogP) is 4.85. The largest absolute Gasteiger partial charge is 0.388 e. The summed E-state index contributed by atoms with van der Waals surface area (Å²) in [6.07, 6.45) is -0.330. The van der Waals surface area contributed by atoms with E-state index >= 15 is 0 Å². The summed E-state index contributed by atoms with van der Waals surface area (Å²) >= 11 is 11.8. The average Bonchev–Trinajstić information content (AvgIpc) is 2.61. The maximum absolute atomic E-state index is 13.1. The Hall–Kier alpha value is -0.380. The molecule has 2 rings (SSSR count).